The summed E-state index contributed by atoms with van der Waals surface area (Å²) in [6, 6.07) is 0. The van der Waals surface area contributed by atoms with E-state index in [1.54, 1.807) is 11.6 Å². The smallest absolute Gasteiger partial charge is 0.223 e. The lowest BCUT2D eigenvalue weighted by molar-refractivity contribution is -0.127. The van der Waals surface area contributed by atoms with Crippen molar-refractivity contribution in [1.29, 1.82) is 0 Å². The molecule has 0 saturated carbocycles. The Morgan fingerprint density at radius 2 is 2.21 bits per heavy atom. The molecule has 14 heavy (non-hydrogen) atoms. The van der Waals surface area contributed by atoms with Crippen LogP contribution in [0.25, 0.3) is 0 Å². The van der Waals surface area contributed by atoms with Gasteiger partial charge in [0.25, 0.3) is 0 Å². The maximum atomic E-state index is 11.9. The molecule has 0 N–H and O–H groups in total. The van der Waals surface area contributed by atoms with Crippen molar-refractivity contribution < 1.29 is 13.9 Å². The van der Waals surface area contributed by atoms with Gasteiger partial charge in [0.05, 0.1) is 12.4 Å². The minimum Gasteiger partial charge on any atom is -0.333 e. The fourth-order valence-electron chi connectivity index (χ4n) is 1.64. The maximum absolute atomic E-state index is 11.9. The minimum absolute atomic E-state index is 0.0523. The molecule has 0 aromatic carbocycles. The van der Waals surface area contributed by atoms with E-state index < -0.39 is 7.37 Å². The van der Waals surface area contributed by atoms with E-state index in [1.165, 1.54) is 0 Å². The minimum atomic E-state index is -2.63. The molecule has 1 aliphatic heterocycles. The SMILES string of the molecule is CC(C)O[P@](C)(=O)CN1CCCC1=O. The molecule has 0 bridgehead atoms. The average molecular weight is 219 g/mol. The van der Waals surface area contributed by atoms with E-state index in [-0.39, 0.29) is 18.3 Å². The molecule has 4 nitrogen and oxygen atoms in total. The molecule has 0 aromatic heterocycles. The van der Waals surface area contributed by atoms with Crippen LogP contribution >= 0.6 is 7.37 Å². The number of hydrogen-bond acceptors (Lipinski definition) is 3. The Morgan fingerprint density at radius 1 is 1.57 bits per heavy atom. The van der Waals surface area contributed by atoms with E-state index in [1.807, 2.05) is 13.8 Å². The summed E-state index contributed by atoms with van der Waals surface area (Å²) in [5.41, 5.74) is 0. The van der Waals surface area contributed by atoms with Gasteiger partial charge in [-0.15, -0.1) is 0 Å². The van der Waals surface area contributed by atoms with Crippen molar-refractivity contribution in [2.75, 3.05) is 19.5 Å². The number of rotatable bonds is 4. The summed E-state index contributed by atoms with van der Waals surface area (Å²) < 4.78 is 17.2. The molecular weight excluding hydrogens is 201 g/mol. The highest BCUT2D eigenvalue weighted by Gasteiger charge is 2.28. The molecule has 1 saturated heterocycles. The predicted molar refractivity (Wildman–Crippen MR) is 55.6 cm³/mol. The second-order valence-electron chi connectivity index (χ2n) is 4.07. The summed E-state index contributed by atoms with van der Waals surface area (Å²) in [5, 5.41) is 0. The molecule has 1 heterocycles. The standard InChI is InChI=1S/C9H18NO3P/c1-8(2)13-14(3,12)7-10-6-4-5-9(10)11/h8H,4-7H2,1-3H3/t14-/m0/s1. The van der Waals surface area contributed by atoms with E-state index in [0.717, 1.165) is 13.0 Å². The summed E-state index contributed by atoms with van der Waals surface area (Å²) in [4.78, 5) is 12.9. The van der Waals surface area contributed by atoms with Gasteiger partial charge in [0.15, 0.2) is 0 Å². The van der Waals surface area contributed by atoms with Crippen molar-refractivity contribution in [2.45, 2.75) is 32.8 Å². The van der Waals surface area contributed by atoms with Gasteiger partial charge in [-0.3, -0.25) is 9.36 Å². The quantitative estimate of drug-likeness (QED) is 0.678. The second kappa shape index (κ2) is 4.45. The van der Waals surface area contributed by atoms with Crippen molar-refractivity contribution in [3.63, 3.8) is 0 Å². The molecule has 5 heteroatoms. The Labute approximate surface area is 85.1 Å². The van der Waals surface area contributed by atoms with Crippen LogP contribution in [0.3, 0.4) is 0 Å². The maximum Gasteiger partial charge on any atom is 0.223 e. The van der Waals surface area contributed by atoms with Crippen molar-refractivity contribution >= 4 is 13.3 Å². The average Bonchev–Trinajstić information content (AvgIpc) is 2.32. The lowest BCUT2D eigenvalue weighted by Crippen LogP contribution is -2.26. The first kappa shape index (κ1) is 11.7. The van der Waals surface area contributed by atoms with E-state index in [0.29, 0.717) is 6.42 Å². The van der Waals surface area contributed by atoms with Gasteiger partial charge in [0.2, 0.25) is 13.3 Å². The second-order valence-corrected chi connectivity index (χ2v) is 6.59. The van der Waals surface area contributed by atoms with Gasteiger partial charge in [0.1, 0.15) is 0 Å². The molecule has 1 atom stereocenters. The van der Waals surface area contributed by atoms with Gasteiger partial charge in [-0.25, -0.2) is 0 Å². The number of nitrogens with zero attached hydrogens (tertiary/aromatic N) is 1. The fraction of sp³-hybridized carbons (Fsp3) is 0.889. The molecule has 0 aromatic rings. The van der Waals surface area contributed by atoms with E-state index in [2.05, 4.69) is 0 Å². The van der Waals surface area contributed by atoms with Gasteiger partial charge in [-0.2, -0.15) is 0 Å². The van der Waals surface area contributed by atoms with Gasteiger partial charge >= 0.3 is 0 Å². The van der Waals surface area contributed by atoms with Gasteiger partial charge < -0.3 is 9.42 Å². The topological polar surface area (TPSA) is 46.6 Å². The zero-order valence-corrected chi connectivity index (χ0v) is 9.92. The highest BCUT2D eigenvalue weighted by molar-refractivity contribution is 7.58. The molecule has 1 rings (SSSR count). The van der Waals surface area contributed by atoms with Crippen LogP contribution in [-0.2, 0) is 13.9 Å². The van der Waals surface area contributed by atoms with Crippen molar-refractivity contribution in [1.82, 2.24) is 4.90 Å². The van der Waals surface area contributed by atoms with E-state index >= 15 is 0 Å². The molecule has 1 fully saturated rings. The van der Waals surface area contributed by atoms with Crippen molar-refractivity contribution in [3.05, 3.63) is 0 Å². The molecule has 0 unspecified atom stereocenters. The molecule has 82 valence electrons. The lowest BCUT2D eigenvalue weighted by atomic mass is 10.4. The van der Waals surface area contributed by atoms with Crippen LogP contribution in [0.15, 0.2) is 0 Å². The van der Waals surface area contributed by atoms with Crippen molar-refractivity contribution in [2.24, 2.45) is 0 Å². The van der Waals surface area contributed by atoms with Crippen LogP contribution in [-0.4, -0.2) is 36.4 Å². The Hall–Kier alpha value is -0.340. The number of amides is 1. The first-order valence-corrected chi connectivity index (χ1v) is 7.19. The third kappa shape index (κ3) is 3.43. The zero-order chi connectivity index (χ0) is 10.8. The number of hydrogen-bond donors (Lipinski definition) is 0. The fourth-order valence-corrected chi connectivity index (χ4v) is 3.52. The monoisotopic (exact) mass is 219 g/mol. The third-order valence-electron chi connectivity index (χ3n) is 2.03. The van der Waals surface area contributed by atoms with Crippen LogP contribution in [0.2, 0.25) is 0 Å². The first-order valence-electron chi connectivity index (χ1n) is 4.93. The molecular formula is C9H18NO3P. The Kier molecular flexibility index (Phi) is 3.73. The summed E-state index contributed by atoms with van der Waals surface area (Å²) in [6.07, 6.45) is 1.68. The molecule has 1 aliphatic rings. The largest absolute Gasteiger partial charge is 0.333 e. The summed E-state index contributed by atoms with van der Waals surface area (Å²) in [6.45, 7) is 6.01. The predicted octanol–water partition coefficient (Wildman–Crippen LogP) is 1.90. The van der Waals surface area contributed by atoms with E-state index in [9.17, 15) is 9.36 Å². The van der Waals surface area contributed by atoms with Crippen LogP contribution in [0.1, 0.15) is 26.7 Å². The van der Waals surface area contributed by atoms with Gasteiger partial charge in [-0.1, -0.05) is 0 Å². The first-order chi connectivity index (χ1) is 6.41. The number of carbonyl (C=O) groups is 1. The summed E-state index contributed by atoms with van der Waals surface area (Å²) in [5.74, 6) is 0.0967. The van der Waals surface area contributed by atoms with E-state index in [4.69, 9.17) is 4.52 Å². The summed E-state index contributed by atoms with van der Waals surface area (Å²) in [7, 11) is -2.63. The number of carbonyl (C=O) groups excluding carboxylic acids is 1. The normalized spacial score (nSPS) is 21.7. The Balaban J connectivity index is 2.49. The zero-order valence-electron chi connectivity index (χ0n) is 9.02. The van der Waals surface area contributed by atoms with Gasteiger partial charge in [0, 0.05) is 19.6 Å². The van der Waals surface area contributed by atoms with Crippen LogP contribution < -0.4 is 0 Å². The Morgan fingerprint density at radius 3 is 2.64 bits per heavy atom. The molecule has 1 amide bonds. The summed E-state index contributed by atoms with van der Waals surface area (Å²) >= 11 is 0. The van der Waals surface area contributed by atoms with Crippen LogP contribution in [0.4, 0.5) is 0 Å². The van der Waals surface area contributed by atoms with Crippen LogP contribution in [0, 0.1) is 0 Å². The van der Waals surface area contributed by atoms with Crippen LogP contribution in [0.5, 0.6) is 0 Å². The molecule has 0 aliphatic carbocycles. The molecule has 0 radical (unpaired) electrons. The molecule has 0 spiro atoms. The van der Waals surface area contributed by atoms with Crippen molar-refractivity contribution in [3.8, 4) is 0 Å². The highest BCUT2D eigenvalue weighted by atomic mass is 31.2. The Bertz CT molecular complexity index is 265. The number of likely N-dealkylation sites (tertiary alicyclic amines) is 1. The van der Waals surface area contributed by atoms with Gasteiger partial charge in [-0.05, 0) is 20.3 Å². The lowest BCUT2D eigenvalue weighted by Gasteiger charge is -2.22. The third-order valence-corrected chi connectivity index (χ3v) is 3.76. The highest BCUT2D eigenvalue weighted by Crippen LogP contribution is 2.45.